The van der Waals surface area contributed by atoms with Crippen LogP contribution in [0.15, 0.2) is 36.7 Å². The van der Waals surface area contributed by atoms with Crippen molar-refractivity contribution in [2.75, 3.05) is 6.54 Å². The fourth-order valence-corrected chi connectivity index (χ4v) is 5.46. The lowest BCUT2D eigenvalue weighted by molar-refractivity contribution is 0.0575. The number of nitrogens with zero attached hydrogens (tertiary/aromatic N) is 3. The highest BCUT2D eigenvalue weighted by Crippen LogP contribution is 2.39. The van der Waals surface area contributed by atoms with Crippen molar-refractivity contribution in [2.24, 2.45) is 7.05 Å². The van der Waals surface area contributed by atoms with E-state index in [9.17, 15) is 5.11 Å². The van der Waals surface area contributed by atoms with Crippen molar-refractivity contribution in [1.29, 1.82) is 0 Å². The van der Waals surface area contributed by atoms with Gasteiger partial charge in [-0.3, -0.25) is 9.88 Å². The zero-order valence-corrected chi connectivity index (χ0v) is 17.1. The second kappa shape index (κ2) is 6.43. The summed E-state index contributed by atoms with van der Waals surface area (Å²) in [5.41, 5.74) is 6.69. The molecular formula is C24H29N3O. The molecule has 1 N–H and O–H groups in total. The Morgan fingerprint density at radius 2 is 2.18 bits per heavy atom. The molecule has 2 aliphatic heterocycles. The third-order valence-electron chi connectivity index (χ3n) is 6.85. The van der Waals surface area contributed by atoms with Gasteiger partial charge in [0, 0.05) is 61.5 Å². The molecule has 3 aromatic rings. The summed E-state index contributed by atoms with van der Waals surface area (Å²) in [7, 11) is 2.21. The molecule has 2 unspecified atom stereocenters. The fraction of sp³-hybridized carbons (Fsp3) is 0.458. The Kier molecular flexibility index (Phi) is 4.11. The van der Waals surface area contributed by atoms with Crippen LogP contribution in [0.5, 0.6) is 0 Å². The Balaban J connectivity index is 1.63. The number of fused-ring (bicyclic) bond motifs is 4. The van der Waals surface area contributed by atoms with Gasteiger partial charge >= 0.3 is 0 Å². The average Bonchev–Trinajstić information content (AvgIpc) is 3.23. The topological polar surface area (TPSA) is 41.3 Å². The van der Waals surface area contributed by atoms with Crippen LogP contribution in [0.3, 0.4) is 0 Å². The third-order valence-corrected chi connectivity index (χ3v) is 6.85. The summed E-state index contributed by atoms with van der Waals surface area (Å²) in [6.45, 7) is 6.37. The van der Waals surface area contributed by atoms with Crippen LogP contribution in [0, 0.1) is 6.92 Å². The van der Waals surface area contributed by atoms with E-state index in [0.717, 1.165) is 18.5 Å². The van der Waals surface area contributed by atoms with Gasteiger partial charge in [-0.1, -0.05) is 17.7 Å². The molecule has 4 heteroatoms. The van der Waals surface area contributed by atoms with Gasteiger partial charge in [0.25, 0.3) is 0 Å². The molecular weight excluding hydrogens is 346 g/mol. The van der Waals surface area contributed by atoms with E-state index in [1.165, 1.54) is 52.7 Å². The van der Waals surface area contributed by atoms with E-state index < -0.39 is 5.60 Å². The molecule has 4 nitrogen and oxygen atoms in total. The molecule has 0 aliphatic carbocycles. The summed E-state index contributed by atoms with van der Waals surface area (Å²) in [4.78, 5) is 6.87. The summed E-state index contributed by atoms with van der Waals surface area (Å²) in [5, 5.41) is 12.6. The molecule has 1 fully saturated rings. The molecule has 2 aromatic heterocycles. The minimum absolute atomic E-state index is 0.584. The molecule has 0 bridgehead atoms. The standard InChI is InChI=1S/C24H29N3O/c1-16-10-17(13-24(2,28)18-6-4-8-25-14-18)23-20(11-16)21-15-27-9-5-7-19(27)12-22(21)26(23)3/h4,6,8,10-11,14,19,28H,5,7,9,12-13,15H2,1-3H3. The number of aryl methyl sites for hydroxylation is 2. The number of pyridine rings is 1. The second-order valence-corrected chi connectivity index (χ2v) is 8.97. The Labute approximate surface area is 166 Å². The molecule has 0 saturated carbocycles. The molecule has 1 aromatic carbocycles. The van der Waals surface area contributed by atoms with Crippen LogP contribution in [0.4, 0.5) is 0 Å². The summed E-state index contributed by atoms with van der Waals surface area (Å²) >= 11 is 0. The Morgan fingerprint density at radius 1 is 1.32 bits per heavy atom. The zero-order valence-electron chi connectivity index (χ0n) is 17.1. The van der Waals surface area contributed by atoms with Gasteiger partial charge < -0.3 is 9.67 Å². The van der Waals surface area contributed by atoms with Crippen LogP contribution in [0.25, 0.3) is 10.9 Å². The predicted octanol–water partition coefficient (Wildman–Crippen LogP) is 3.85. The zero-order chi connectivity index (χ0) is 19.5. The van der Waals surface area contributed by atoms with Crippen LogP contribution in [0.2, 0.25) is 0 Å². The second-order valence-electron chi connectivity index (χ2n) is 8.97. The van der Waals surface area contributed by atoms with Crippen LogP contribution in [-0.4, -0.2) is 32.1 Å². The van der Waals surface area contributed by atoms with E-state index in [0.29, 0.717) is 12.5 Å². The molecule has 2 aliphatic rings. The maximum absolute atomic E-state index is 11.3. The Bertz CT molecular complexity index is 1040. The summed E-state index contributed by atoms with van der Waals surface area (Å²) < 4.78 is 2.41. The molecule has 0 spiro atoms. The number of hydrogen-bond donors (Lipinski definition) is 1. The summed E-state index contributed by atoms with van der Waals surface area (Å²) in [6.07, 6.45) is 7.91. The maximum Gasteiger partial charge on any atom is 0.0924 e. The van der Waals surface area contributed by atoms with Crippen LogP contribution < -0.4 is 0 Å². The number of aliphatic hydroxyl groups is 1. The minimum atomic E-state index is -0.945. The van der Waals surface area contributed by atoms with Gasteiger partial charge in [-0.2, -0.15) is 0 Å². The van der Waals surface area contributed by atoms with Crippen molar-refractivity contribution >= 4 is 10.9 Å². The number of hydrogen-bond acceptors (Lipinski definition) is 3. The fourth-order valence-electron chi connectivity index (χ4n) is 5.46. The van der Waals surface area contributed by atoms with E-state index in [4.69, 9.17) is 0 Å². The van der Waals surface area contributed by atoms with Crippen LogP contribution in [-0.2, 0) is 32.0 Å². The quantitative estimate of drug-likeness (QED) is 0.756. The van der Waals surface area contributed by atoms with E-state index in [1.807, 2.05) is 19.1 Å². The molecule has 5 rings (SSSR count). The monoisotopic (exact) mass is 375 g/mol. The molecule has 2 atom stereocenters. The van der Waals surface area contributed by atoms with E-state index in [2.05, 4.69) is 40.6 Å². The number of aromatic nitrogens is 2. The first kappa shape index (κ1) is 17.9. The lowest BCUT2D eigenvalue weighted by atomic mass is 9.88. The summed E-state index contributed by atoms with van der Waals surface area (Å²) in [5.74, 6) is 0. The molecule has 0 amide bonds. The maximum atomic E-state index is 11.3. The molecule has 0 radical (unpaired) electrons. The Morgan fingerprint density at radius 3 is 2.96 bits per heavy atom. The van der Waals surface area contributed by atoms with Gasteiger partial charge in [-0.25, -0.2) is 0 Å². The lowest BCUT2D eigenvalue weighted by Gasteiger charge is -2.30. The first-order valence-corrected chi connectivity index (χ1v) is 10.4. The minimum Gasteiger partial charge on any atom is -0.385 e. The highest BCUT2D eigenvalue weighted by Gasteiger charge is 2.34. The number of benzene rings is 1. The lowest BCUT2D eigenvalue weighted by Crippen LogP contribution is -2.35. The van der Waals surface area contributed by atoms with E-state index in [1.54, 1.807) is 12.4 Å². The third kappa shape index (κ3) is 2.78. The highest BCUT2D eigenvalue weighted by atomic mass is 16.3. The first-order valence-electron chi connectivity index (χ1n) is 10.4. The smallest absolute Gasteiger partial charge is 0.0924 e. The highest BCUT2D eigenvalue weighted by molar-refractivity contribution is 5.89. The summed E-state index contributed by atoms with van der Waals surface area (Å²) in [6, 6.07) is 9.15. The predicted molar refractivity (Wildman–Crippen MR) is 112 cm³/mol. The van der Waals surface area contributed by atoms with Crippen molar-refractivity contribution < 1.29 is 5.11 Å². The first-order chi connectivity index (χ1) is 13.4. The van der Waals surface area contributed by atoms with E-state index >= 15 is 0 Å². The van der Waals surface area contributed by atoms with Crippen molar-refractivity contribution in [3.05, 3.63) is 64.6 Å². The van der Waals surface area contributed by atoms with Crippen molar-refractivity contribution in [1.82, 2.24) is 14.5 Å². The SMILES string of the molecule is Cc1cc(CC(C)(O)c2cccnc2)c2c(c1)c1c(n2C)CC2CCCN2C1. The largest absolute Gasteiger partial charge is 0.385 e. The van der Waals surface area contributed by atoms with Crippen LogP contribution in [0.1, 0.15) is 47.7 Å². The molecule has 28 heavy (non-hydrogen) atoms. The van der Waals surface area contributed by atoms with Gasteiger partial charge in [0.1, 0.15) is 0 Å². The van der Waals surface area contributed by atoms with Crippen LogP contribution >= 0.6 is 0 Å². The van der Waals surface area contributed by atoms with Crippen molar-refractivity contribution in [3.63, 3.8) is 0 Å². The van der Waals surface area contributed by atoms with Crippen molar-refractivity contribution in [3.8, 4) is 0 Å². The Hall–Kier alpha value is -2.17. The molecule has 4 heterocycles. The van der Waals surface area contributed by atoms with E-state index in [-0.39, 0.29) is 0 Å². The van der Waals surface area contributed by atoms with Gasteiger partial charge in [0.05, 0.1) is 11.1 Å². The van der Waals surface area contributed by atoms with Gasteiger partial charge in [0.15, 0.2) is 0 Å². The average molecular weight is 376 g/mol. The van der Waals surface area contributed by atoms with Gasteiger partial charge in [-0.05, 0) is 56.5 Å². The van der Waals surface area contributed by atoms with Gasteiger partial charge in [0.2, 0.25) is 0 Å². The number of rotatable bonds is 3. The normalized spacial score (nSPS) is 21.5. The molecule has 1 saturated heterocycles. The van der Waals surface area contributed by atoms with Crippen molar-refractivity contribution in [2.45, 2.75) is 57.7 Å². The molecule has 146 valence electrons. The van der Waals surface area contributed by atoms with Gasteiger partial charge in [-0.15, -0.1) is 0 Å².